The lowest BCUT2D eigenvalue weighted by Crippen LogP contribution is -2.57. The minimum atomic E-state index is -0.644. The lowest BCUT2D eigenvalue weighted by molar-refractivity contribution is -0.193. The van der Waals surface area contributed by atoms with Crippen LogP contribution in [-0.2, 0) is 44.6 Å². The average molecular weight is 1450 g/mol. The molecule has 1 unspecified atom stereocenters. The van der Waals surface area contributed by atoms with E-state index in [0.717, 1.165) is 148 Å². The van der Waals surface area contributed by atoms with Gasteiger partial charge in [0.25, 0.3) is 0 Å². The van der Waals surface area contributed by atoms with Crippen molar-refractivity contribution in [3.63, 3.8) is 0 Å². The molecule has 8 aliphatic carbocycles. The van der Waals surface area contributed by atoms with E-state index >= 15 is 0 Å². The van der Waals surface area contributed by atoms with Crippen LogP contribution in [-0.4, -0.2) is 91.2 Å². The molecule has 4 aromatic carbocycles. The van der Waals surface area contributed by atoms with Crippen LogP contribution in [0, 0.1) is 44.9 Å². The molecule has 8 fully saturated rings. The third kappa shape index (κ3) is 12.3. The van der Waals surface area contributed by atoms with Gasteiger partial charge >= 0.3 is 0 Å². The number of aliphatic hydroxyl groups excluding tert-OH is 1. The highest BCUT2D eigenvalue weighted by molar-refractivity contribution is 5.66. The van der Waals surface area contributed by atoms with E-state index in [1.807, 2.05) is 43.5 Å². The number of ether oxygens (including phenoxy) is 4. The highest BCUT2D eigenvalue weighted by atomic mass is 19.1. The van der Waals surface area contributed by atoms with Crippen LogP contribution in [0.5, 0.6) is 0 Å². The number of aromatic nitrogens is 8. The van der Waals surface area contributed by atoms with Gasteiger partial charge in [-0.05, 0) is 324 Å². The zero-order valence-corrected chi connectivity index (χ0v) is 63.4. The van der Waals surface area contributed by atoms with Gasteiger partial charge in [-0.2, -0.15) is 20.4 Å². The second-order valence-corrected chi connectivity index (χ2v) is 34.3. The van der Waals surface area contributed by atoms with Gasteiger partial charge in [-0.25, -0.2) is 36.3 Å². The van der Waals surface area contributed by atoms with Crippen LogP contribution in [0.4, 0.5) is 17.6 Å². The minimum absolute atomic E-state index is 0.0217. The third-order valence-corrected chi connectivity index (χ3v) is 28.3. The summed E-state index contributed by atoms with van der Waals surface area (Å²) in [6.45, 7) is 16.2. The topological polar surface area (TPSA) is 128 Å². The molecular weight excluding hydrogens is 1350 g/mol. The van der Waals surface area contributed by atoms with Crippen LogP contribution in [0.1, 0.15) is 241 Å². The standard InChI is InChI=1S/C24H29FN2O.C23H27FN2O.C22H25FN2O.C21H23FN2O2/c1-3-21-7-5-13-24(28-21)12-4-6-18-14-22-17(15-23(18,24)2)16-26-27(22)20-10-8-19(25)9-11-20;1-16-5-3-11-23(27-16)12-4-6-18-13-21-17(14-22(18,23)2)15-25-26(21)20-9-7-19(24)8-10-20;1-15-4-3-10-22(26-15)11-9-17-12-20-16(13-21(17,22)2)14-24-25(20)19-7-5-18(23)6-8-19;1-20-12-14-13-23-24(17-6-4-16(22)5-7-17)18(14)11-15(20)3-2-9-21(20)10-8-19(25)26-21/h8-11,14,16,21H,3-7,12-13,15H2,1-2H3;7-10,13,15-16H,3-6,11-12,14H2,1-2H3;5-8,12,14-15H,3-4,9-11,13H2,1-2H3;4-7,11,13,19,25H,2-3,8-10,12H2,1H3/t21-,23-,24+;16-,22-,23-;15-,21-,22-;19?,20-,21+/m0000/s1. The van der Waals surface area contributed by atoms with Crippen molar-refractivity contribution in [1.29, 1.82) is 0 Å². The largest absolute Gasteiger partial charge is 0.371 e. The molecule has 4 saturated heterocycles. The molecule has 4 aliphatic heterocycles. The Balaban J connectivity index is 0.000000105. The minimum Gasteiger partial charge on any atom is -0.371 e. The summed E-state index contributed by atoms with van der Waals surface area (Å²) in [6, 6.07) is 26.2. The zero-order chi connectivity index (χ0) is 73.9. The fourth-order valence-electron chi connectivity index (χ4n) is 22.3. The van der Waals surface area contributed by atoms with Crippen LogP contribution in [0.25, 0.3) is 47.1 Å². The van der Waals surface area contributed by atoms with Gasteiger partial charge in [0.15, 0.2) is 6.29 Å². The highest BCUT2D eigenvalue weighted by Gasteiger charge is 2.61. The molecule has 17 heteroatoms. The summed E-state index contributed by atoms with van der Waals surface area (Å²) in [5, 5.41) is 28.5. The van der Waals surface area contributed by atoms with E-state index in [4.69, 9.17) is 18.9 Å². The first kappa shape index (κ1) is 72.1. The fourth-order valence-corrected chi connectivity index (χ4v) is 22.3. The first-order valence-corrected chi connectivity index (χ1v) is 40.1. The Morgan fingerprint density at radius 1 is 0.364 bits per heavy atom. The van der Waals surface area contributed by atoms with E-state index in [1.165, 1.54) is 157 Å². The van der Waals surface area contributed by atoms with Crippen LogP contribution in [0.2, 0.25) is 0 Å². The second-order valence-electron chi connectivity index (χ2n) is 34.3. The number of benzene rings is 4. The van der Waals surface area contributed by atoms with E-state index in [-0.39, 0.29) is 67.3 Å². The summed E-state index contributed by atoms with van der Waals surface area (Å²) in [5.41, 5.74) is 18.7. The average Bonchev–Trinajstić information content (AvgIpc) is 1.71. The van der Waals surface area contributed by atoms with Crippen LogP contribution >= 0.6 is 0 Å². The molecule has 0 radical (unpaired) electrons. The van der Waals surface area contributed by atoms with Gasteiger partial charge in [-0.1, -0.05) is 56.9 Å². The molecule has 0 bridgehead atoms. The van der Waals surface area contributed by atoms with Crippen molar-refractivity contribution >= 4 is 24.3 Å². The fraction of sp³-hybridized carbons (Fsp3) is 0.511. The quantitative estimate of drug-likeness (QED) is 0.168. The molecule has 1 N–H and O–H groups in total. The van der Waals surface area contributed by atoms with Gasteiger partial charge in [0.2, 0.25) is 0 Å². The summed E-state index contributed by atoms with van der Waals surface area (Å²) in [7, 11) is 0. The van der Waals surface area contributed by atoms with Gasteiger partial charge in [0.05, 0.1) is 111 Å². The van der Waals surface area contributed by atoms with E-state index in [2.05, 4.69) is 93.2 Å². The molecule has 8 aromatic rings. The molecular formula is C90H104F4N8O5. The summed E-state index contributed by atoms with van der Waals surface area (Å²) < 4.78 is 87.2. The smallest absolute Gasteiger partial charge is 0.155 e. The van der Waals surface area contributed by atoms with Crippen molar-refractivity contribution in [2.75, 3.05) is 0 Å². The molecule has 0 amide bonds. The van der Waals surface area contributed by atoms with E-state index in [1.54, 1.807) is 48.5 Å². The monoisotopic (exact) mass is 1450 g/mol. The molecule has 107 heavy (non-hydrogen) atoms. The Morgan fingerprint density at radius 2 is 0.654 bits per heavy atom. The maximum atomic E-state index is 13.3. The Kier molecular flexibility index (Phi) is 18.6. The summed E-state index contributed by atoms with van der Waals surface area (Å²) in [6.07, 6.45) is 47.2. The van der Waals surface area contributed by atoms with Gasteiger partial charge in [0, 0.05) is 28.1 Å². The van der Waals surface area contributed by atoms with E-state index in [9.17, 15) is 22.7 Å². The molecule has 4 saturated carbocycles. The first-order chi connectivity index (χ1) is 51.6. The lowest BCUT2D eigenvalue weighted by atomic mass is 9.55. The van der Waals surface area contributed by atoms with Crippen molar-refractivity contribution < 1.29 is 41.6 Å². The molecule has 20 rings (SSSR count). The van der Waals surface area contributed by atoms with Crippen molar-refractivity contribution in [3.8, 4) is 22.7 Å². The van der Waals surface area contributed by atoms with Crippen molar-refractivity contribution in [3.05, 3.63) is 212 Å². The number of hydrogen-bond donors (Lipinski definition) is 1. The van der Waals surface area contributed by atoms with Crippen LogP contribution in [0.3, 0.4) is 0 Å². The van der Waals surface area contributed by atoms with Gasteiger partial charge < -0.3 is 24.1 Å². The zero-order valence-electron chi connectivity index (χ0n) is 63.4. The third-order valence-electron chi connectivity index (χ3n) is 28.3. The Bertz CT molecular complexity index is 4770. The second kappa shape index (κ2) is 27.6. The molecule has 562 valence electrons. The highest BCUT2D eigenvalue weighted by Crippen LogP contribution is 2.64. The SMILES string of the molecule is CC[C@H]1CCC[C@@]2(CCCC3=Cc4c(cnn4-c4ccc(F)cc4)C[C@@]32C)O1.C[C@H]1CCC[C@@]2(CCC3=Cc4c(cnn4-c4ccc(F)cc4)C[C@@]32C)O1.C[C@H]1CCC[C@@]2(CCCC3=Cc4c(cnn4-c4ccc(F)cc4)C[C@@]32C)O1.C[C@]12Cc3cnn(-c4ccc(F)cc4)c3C=C1CCC[C@@]21CCC(O)O1. The van der Waals surface area contributed by atoms with Gasteiger partial charge in [-0.3, -0.25) is 0 Å². The van der Waals surface area contributed by atoms with Crippen molar-refractivity contribution in [1.82, 2.24) is 39.1 Å². The Hall–Kier alpha value is -7.80. The summed E-state index contributed by atoms with van der Waals surface area (Å²) >= 11 is 0. The predicted molar refractivity (Wildman–Crippen MR) is 409 cm³/mol. The van der Waals surface area contributed by atoms with E-state index in [0.29, 0.717) is 24.7 Å². The van der Waals surface area contributed by atoms with Gasteiger partial charge in [-0.15, -0.1) is 0 Å². The Morgan fingerprint density at radius 3 is 0.963 bits per heavy atom. The number of nitrogens with zero attached hydrogens (tertiary/aromatic N) is 8. The first-order valence-electron chi connectivity index (χ1n) is 40.1. The number of fused-ring (bicyclic) bond motifs is 12. The molecule has 4 spiro atoms. The molecule has 12 atom stereocenters. The number of hydrogen-bond acceptors (Lipinski definition) is 9. The summed E-state index contributed by atoms with van der Waals surface area (Å²) in [5.74, 6) is -0.901. The molecule has 4 aromatic heterocycles. The van der Waals surface area contributed by atoms with Crippen molar-refractivity contribution in [2.24, 2.45) is 21.7 Å². The summed E-state index contributed by atoms with van der Waals surface area (Å²) in [4.78, 5) is 0. The maximum absolute atomic E-state index is 13.3. The molecule has 12 aliphatic rings. The number of rotatable bonds is 5. The maximum Gasteiger partial charge on any atom is 0.155 e. The van der Waals surface area contributed by atoms with Crippen molar-refractivity contribution in [2.45, 2.75) is 269 Å². The normalized spacial score (nSPS) is 32.7. The number of aliphatic hydroxyl groups is 1. The Labute approximate surface area is 627 Å². The molecule has 13 nitrogen and oxygen atoms in total. The molecule has 8 heterocycles. The van der Waals surface area contributed by atoms with Crippen LogP contribution < -0.4 is 0 Å². The lowest BCUT2D eigenvalue weighted by Gasteiger charge is -2.57. The van der Waals surface area contributed by atoms with Gasteiger partial charge in [0.1, 0.15) is 23.3 Å². The number of halogens is 4. The van der Waals surface area contributed by atoms with E-state index < -0.39 is 6.29 Å². The predicted octanol–water partition coefficient (Wildman–Crippen LogP) is 20.4. The van der Waals surface area contributed by atoms with Crippen LogP contribution in [0.15, 0.2) is 144 Å².